The van der Waals surface area contributed by atoms with E-state index in [1.165, 1.54) is 5.56 Å². The van der Waals surface area contributed by atoms with Crippen molar-refractivity contribution in [2.45, 2.75) is 112 Å². The zero-order valence-electron chi connectivity index (χ0n) is 47.0. The van der Waals surface area contributed by atoms with Crippen LogP contribution < -0.4 is 0 Å². The maximum Gasteiger partial charge on any atom is 0.149 e. The van der Waals surface area contributed by atoms with Crippen LogP contribution in [0.3, 0.4) is 0 Å². The number of imidazole rings is 1. The number of rotatable bonds is 11. The van der Waals surface area contributed by atoms with Crippen LogP contribution in [0.5, 0.6) is 5.75 Å². The summed E-state index contributed by atoms with van der Waals surface area (Å²) in [5.41, 5.74) is 15.6. The highest BCUT2D eigenvalue weighted by Crippen LogP contribution is 2.45. The molecule has 0 amide bonds. The Kier molecular flexibility index (Phi) is 11.2. The molecular weight excluding hydrogens is 839 g/mol. The molecule has 0 aliphatic carbocycles. The summed E-state index contributed by atoms with van der Waals surface area (Å²) in [5, 5.41) is 12.4. The summed E-state index contributed by atoms with van der Waals surface area (Å²) in [6.07, 6.45) is 1.87. The predicted molar refractivity (Wildman–Crippen MR) is 293 cm³/mol. The minimum Gasteiger partial charge on any atom is -0.507 e. The predicted octanol–water partition coefficient (Wildman–Crippen LogP) is 18.2. The molecule has 0 fully saturated rings. The number of fused-ring (bicyclic) bond motifs is 1. The fourth-order valence-corrected chi connectivity index (χ4v) is 9.58. The first kappa shape index (κ1) is 41.0. The van der Waals surface area contributed by atoms with Gasteiger partial charge in [0.05, 0.1) is 28.0 Å². The third-order valence-electron chi connectivity index (χ3n) is 13.5. The van der Waals surface area contributed by atoms with Crippen molar-refractivity contribution >= 4 is 11.0 Å². The van der Waals surface area contributed by atoms with Crippen LogP contribution in [0.2, 0.25) is 0 Å². The average molecular weight is 911 g/mol. The Labute approximate surface area is 417 Å². The van der Waals surface area contributed by atoms with E-state index >= 15 is 0 Å². The third-order valence-corrected chi connectivity index (χ3v) is 13.5. The van der Waals surface area contributed by atoms with Crippen molar-refractivity contribution in [2.24, 2.45) is 0 Å². The van der Waals surface area contributed by atoms with Gasteiger partial charge in [0.25, 0.3) is 0 Å². The van der Waals surface area contributed by atoms with E-state index in [1.54, 1.807) is 6.07 Å². The van der Waals surface area contributed by atoms with E-state index in [1.807, 2.05) is 99.1 Å². The minimum absolute atomic E-state index is 0.0192. The Morgan fingerprint density at radius 1 is 0.551 bits per heavy atom. The van der Waals surface area contributed by atoms with Gasteiger partial charge in [-0.2, -0.15) is 0 Å². The summed E-state index contributed by atoms with van der Waals surface area (Å²) in [6.45, 7) is 19.6. The quantitative estimate of drug-likeness (QED) is 0.141. The summed E-state index contributed by atoms with van der Waals surface area (Å²) in [6, 6.07) is 51.0. The maximum atomic E-state index is 12.4. The Hall–Kier alpha value is -7.04. The zero-order chi connectivity index (χ0) is 53.2. The van der Waals surface area contributed by atoms with E-state index in [0.717, 1.165) is 55.8 Å². The molecule has 0 aliphatic rings. The van der Waals surface area contributed by atoms with Gasteiger partial charge in [-0.25, -0.2) is 4.98 Å². The van der Waals surface area contributed by atoms with Crippen molar-refractivity contribution in [1.82, 2.24) is 14.5 Å². The molecule has 0 atom stereocenters. The standard InChI is InChI=1S/C65H67N3O/c1-39(2)49-36-56(42(7)8)63(69)57(37-49)64-67-62-55(22-17-23-60(62)68(64)59-29-28-48(32-43(59)9)61-53(40(3)4)20-16-21-54(61)41(5)6)50-33-51(35-52(34-50)65(10,11)12)58-38-47(30-31-66-58)46-26-24-45(25-27-46)44-18-14-13-15-19-44/h13-42,69H,1-12H3/i9D3,40D,41D. The van der Waals surface area contributed by atoms with Crippen LogP contribution in [0.4, 0.5) is 0 Å². The first-order chi connectivity index (χ1) is 34.8. The van der Waals surface area contributed by atoms with E-state index in [-0.39, 0.29) is 28.6 Å². The second-order valence-electron chi connectivity index (χ2n) is 20.6. The van der Waals surface area contributed by atoms with E-state index in [9.17, 15) is 12.0 Å². The lowest BCUT2D eigenvalue weighted by atomic mass is 9.83. The number of nitrogens with zero attached hydrogens (tertiary/aromatic N) is 3. The van der Waals surface area contributed by atoms with Crippen LogP contribution >= 0.6 is 0 Å². The monoisotopic (exact) mass is 911 g/mol. The number of hydrogen-bond donors (Lipinski definition) is 1. The first-order valence-corrected chi connectivity index (χ1v) is 24.3. The number of aryl methyl sites for hydroxylation is 1. The molecule has 1 N–H and O–H groups in total. The molecule has 4 heteroatoms. The summed E-state index contributed by atoms with van der Waals surface area (Å²) >= 11 is 0. The molecular formula is C65H67N3O. The lowest BCUT2D eigenvalue weighted by molar-refractivity contribution is 0.466. The largest absolute Gasteiger partial charge is 0.507 e. The maximum absolute atomic E-state index is 12.4. The van der Waals surface area contributed by atoms with Crippen molar-refractivity contribution in [1.29, 1.82) is 0 Å². The van der Waals surface area contributed by atoms with Gasteiger partial charge in [-0.1, -0.05) is 179 Å². The number of phenols is 1. The van der Waals surface area contributed by atoms with Gasteiger partial charge < -0.3 is 5.11 Å². The second-order valence-corrected chi connectivity index (χ2v) is 20.6. The fourth-order valence-electron chi connectivity index (χ4n) is 9.58. The molecule has 0 bridgehead atoms. The van der Waals surface area contributed by atoms with Gasteiger partial charge in [-0.3, -0.25) is 9.55 Å². The van der Waals surface area contributed by atoms with Crippen molar-refractivity contribution in [3.05, 3.63) is 191 Å². The topological polar surface area (TPSA) is 50.9 Å². The van der Waals surface area contributed by atoms with Gasteiger partial charge in [0.2, 0.25) is 0 Å². The van der Waals surface area contributed by atoms with E-state index in [0.29, 0.717) is 50.4 Å². The molecule has 2 aromatic heterocycles. The van der Waals surface area contributed by atoms with Crippen LogP contribution in [-0.4, -0.2) is 19.6 Å². The van der Waals surface area contributed by atoms with Crippen LogP contribution in [0.25, 0.3) is 83.9 Å². The Balaban J connectivity index is 1.30. The van der Waals surface area contributed by atoms with Crippen LogP contribution in [0.1, 0.15) is 140 Å². The number of pyridine rings is 1. The number of aromatic hydroxyl groups is 1. The van der Waals surface area contributed by atoms with Crippen LogP contribution in [0, 0.1) is 6.85 Å². The molecule has 9 rings (SSSR count). The Bertz CT molecular complexity index is 3520. The molecule has 9 aromatic rings. The van der Waals surface area contributed by atoms with Crippen molar-refractivity contribution in [3.63, 3.8) is 0 Å². The SMILES string of the molecule is [2H]C([2H])([2H])c1cc(-c2c(C([2H])(C)C)cccc2C([2H])(C)C)ccc1-n1c(-c2cc(C(C)C)cc(C(C)C)c2O)nc2c(-c3cc(-c4cc(-c5ccc(-c6ccccc6)cc5)ccn4)cc(C(C)(C)C)c3)cccc21. The molecule has 0 saturated heterocycles. The van der Waals surface area contributed by atoms with Gasteiger partial charge in [-0.05, 0) is 157 Å². The molecule has 0 radical (unpaired) electrons. The van der Waals surface area contributed by atoms with Gasteiger partial charge >= 0.3 is 0 Å². The lowest BCUT2D eigenvalue weighted by Gasteiger charge is -2.22. The molecule has 0 unspecified atom stereocenters. The minimum atomic E-state index is -2.62. The van der Waals surface area contributed by atoms with Crippen molar-refractivity contribution in [2.75, 3.05) is 0 Å². The highest BCUT2D eigenvalue weighted by Gasteiger charge is 2.26. The Morgan fingerprint density at radius 3 is 1.83 bits per heavy atom. The zero-order valence-corrected chi connectivity index (χ0v) is 42.0. The van der Waals surface area contributed by atoms with Gasteiger partial charge in [-0.15, -0.1) is 0 Å². The van der Waals surface area contributed by atoms with E-state index in [2.05, 4.69) is 133 Å². The summed E-state index contributed by atoms with van der Waals surface area (Å²) in [4.78, 5) is 10.5. The van der Waals surface area contributed by atoms with Crippen molar-refractivity contribution < 1.29 is 12.0 Å². The molecule has 0 aliphatic heterocycles. The van der Waals surface area contributed by atoms with E-state index < -0.39 is 18.6 Å². The number of hydrogen-bond acceptors (Lipinski definition) is 3. The molecule has 0 spiro atoms. The normalized spacial score (nSPS) is 13.6. The van der Waals surface area contributed by atoms with Gasteiger partial charge in [0, 0.05) is 24.2 Å². The second kappa shape index (κ2) is 18.8. The van der Waals surface area contributed by atoms with Gasteiger partial charge in [0.1, 0.15) is 11.6 Å². The summed E-state index contributed by atoms with van der Waals surface area (Å²) < 4.78 is 47.8. The number of benzene rings is 7. The molecule has 69 heavy (non-hydrogen) atoms. The number of para-hydroxylation sites is 1. The molecule has 4 nitrogen and oxygen atoms in total. The number of aromatic nitrogens is 3. The lowest BCUT2D eigenvalue weighted by Crippen LogP contribution is -2.11. The van der Waals surface area contributed by atoms with Crippen LogP contribution in [-0.2, 0) is 5.41 Å². The Morgan fingerprint density at radius 2 is 1.19 bits per heavy atom. The molecule has 348 valence electrons. The van der Waals surface area contributed by atoms with E-state index in [4.69, 9.17) is 9.97 Å². The fraction of sp³-hybridized carbons (Fsp3) is 0.262. The average Bonchev–Trinajstić information content (AvgIpc) is 3.74. The smallest absolute Gasteiger partial charge is 0.149 e. The van der Waals surface area contributed by atoms with Crippen molar-refractivity contribution in [3.8, 4) is 78.6 Å². The summed E-state index contributed by atoms with van der Waals surface area (Å²) in [5.74, 6) is -1.49. The molecule has 0 saturated carbocycles. The first-order valence-electron chi connectivity index (χ1n) is 26.8. The van der Waals surface area contributed by atoms with Gasteiger partial charge in [0.15, 0.2) is 0 Å². The summed E-state index contributed by atoms with van der Waals surface area (Å²) in [7, 11) is 0. The third kappa shape index (κ3) is 9.18. The molecule has 2 heterocycles. The highest BCUT2D eigenvalue weighted by atomic mass is 16.3. The van der Waals surface area contributed by atoms with Crippen LogP contribution in [0.15, 0.2) is 158 Å². The highest BCUT2D eigenvalue weighted by molar-refractivity contribution is 5.97. The molecule has 7 aromatic carbocycles. The number of phenolic OH excluding ortho intramolecular Hbond substituents is 1.